The van der Waals surface area contributed by atoms with Crippen LogP contribution < -0.4 is 9.47 Å². The Hall–Kier alpha value is -4.72. The quantitative estimate of drug-likeness (QED) is 0.108. The van der Waals surface area contributed by atoms with E-state index in [-0.39, 0.29) is 34.6 Å². The summed E-state index contributed by atoms with van der Waals surface area (Å²) >= 11 is 0. The largest absolute Gasteiger partial charge is 0.489 e. The highest BCUT2D eigenvalue weighted by atomic mass is 19.4. The van der Waals surface area contributed by atoms with E-state index in [9.17, 15) is 18.0 Å². The Kier molecular flexibility index (Phi) is 8.01. The number of hydrogen-bond acceptors (Lipinski definition) is 4. The van der Waals surface area contributed by atoms with Crippen molar-refractivity contribution in [2.45, 2.75) is 32.5 Å². The van der Waals surface area contributed by atoms with Gasteiger partial charge in [-0.2, -0.15) is 13.2 Å². The maximum Gasteiger partial charge on any atom is 0.418 e. The number of aromatic nitrogens is 1. The molecule has 8 heteroatoms. The van der Waals surface area contributed by atoms with E-state index in [1.54, 1.807) is 48.5 Å². The molecule has 0 saturated carbocycles. The van der Waals surface area contributed by atoms with Crippen molar-refractivity contribution in [3.05, 3.63) is 114 Å². The van der Waals surface area contributed by atoms with E-state index in [0.717, 1.165) is 11.6 Å². The number of fused-ring (bicyclic) bond motifs is 1. The Morgan fingerprint density at radius 1 is 0.854 bits per heavy atom. The third-order valence-electron chi connectivity index (χ3n) is 6.51. The number of alkyl halides is 3. The normalized spacial score (nSPS) is 11.4. The van der Waals surface area contributed by atoms with Crippen molar-refractivity contribution < 1.29 is 31.8 Å². The van der Waals surface area contributed by atoms with Gasteiger partial charge in [-0.1, -0.05) is 61.5 Å². The number of benzene rings is 4. The summed E-state index contributed by atoms with van der Waals surface area (Å²) in [5.74, 6) is -0.169. The number of carbonyl (C=O) groups excluding carboxylic acids is 1. The average Bonchev–Trinajstić information content (AvgIpc) is 2.97. The highest BCUT2D eigenvalue weighted by Gasteiger charge is 2.34. The van der Waals surface area contributed by atoms with Crippen molar-refractivity contribution in [1.82, 2.24) is 4.98 Å². The van der Waals surface area contributed by atoms with Crippen molar-refractivity contribution in [2.24, 2.45) is 0 Å². The molecule has 0 amide bonds. The molecule has 41 heavy (non-hydrogen) atoms. The number of ether oxygens (including phenoxy) is 2. The summed E-state index contributed by atoms with van der Waals surface area (Å²) in [5, 5.41) is 0.172. The number of esters is 1. The molecule has 0 spiro atoms. The van der Waals surface area contributed by atoms with Gasteiger partial charge in [0.25, 0.3) is 0 Å². The SMILES string of the molecule is CCCC(=O)Oc1ccc(COc2ccc(F)c(-c3c(-c4ccccc4)cnc4c(C(F)(F)F)cccc34)c2)cc1. The molecule has 0 aliphatic heterocycles. The fraction of sp³-hybridized carbons (Fsp3) is 0.152. The molecule has 0 radical (unpaired) electrons. The van der Waals surface area contributed by atoms with E-state index in [4.69, 9.17) is 9.47 Å². The van der Waals surface area contributed by atoms with Crippen molar-refractivity contribution in [2.75, 3.05) is 0 Å². The Bertz CT molecular complexity index is 1680. The van der Waals surface area contributed by atoms with E-state index < -0.39 is 17.6 Å². The van der Waals surface area contributed by atoms with Crippen LogP contribution >= 0.6 is 0 Å². The lowest BCUT2D eigenvalue weighted by atomic mass is 9.91. The van der Waals surface area contributed by atoms with Gasteiger partial charge in [-0.3, -0.25) is 9.78 Å². The van der Waals surface area contributed by atoms with Gasteiger partial charge < -0.3 is 9.47 Å². The highest BCUT2D eigenvalue weighted by molar-refractivity contribution is 6.03. The van der Waals surface area contributed by atoms with Gasteiger partial charge in [-0.25, -0.2) is 4.39 Å². The summed E-state index contributed by atoms with van der Waals surface area (Å²) in [7, 11) is 0. The van der Waals surface area contributed by atoms with Gasteiger partial charge in [-0.15, -0.1) is 0 Å². The topological polar surface area (TPSA) is 48.4 Å². The van der Waals surface area contributed by atoms with E-state index in [0.29, 0.717) is 35.5 Å². The first kappa shape index (κ1) is 27.8. The summed E-state index contributed by atoms with van der Waals surface area (Å²) in [6.45, 7) is 2.02. The second-order valence-electron chi connectivity index (χ2n) is 9.41. The van der Waals surface area contributed by atoms with Crippen LogP contribution in [0.25, 0.3) is 33.2 Å². The van der Waals surface area contributed by atoms with Crippen molar-refractivity contribution in [1.29, 1.82) is 0 Å². The fourth-order valence-corrected chi connectivity index (χ4v) is 4.57. The third kappa shape index (κ3) is 6.22. The molecule has 0 atom stereocenters. The van der Waals surface area contributed by atoms with Crippen LogP contribution in [0.2, 0.25) is 0 Å². The van der Waals surface area contributed by atoms with Crippen LogP contribution in [0.15, 0.2) is 97.2 Å². The van der Waals surface area contributed by atoms with E-state index >= 15 is 4.39 Å². The van der Waals surface area contributed by atoms with Crippen LogP contribution in [0.1, 0.15) is 30.9 Å². The lowest BCUT2D eigenvalue weighted by Crippen LogP contribution is -2.07. The monoisotopic (exact) mass is 559 g/mol. The van der Waals surface area contributed by atoms with Gasteiger partial charge in [0.2, 0.25) is 0 Å². The molecule has 4 nitrogen and oxygen atoms in total. The fourth-order valence-electron chi connectivity index (χ4n) is 4.57. The summed E-state index contributed by atoms with van der Waals surface area (Å²) in [6, 6.07) is 23.8. The van der Waals surface area contributed by atoms with E-state index in [1.807, 2.05) is 13.0 Å². The Morgan fingerprint density at radius 3 is 2.29 bits per heavy atom. The van der Waals surface area contributed by atoms with Crippen LogP contribution in [-0.2, 0) is 17.6 Å². The summed E-state index contributed by atoms with van der Waals surface area (Å²) in [5.41, 5.74) is 1.16. The molecular weight excluding hydrogens is 534 g/mol. The lowest BCUT2D eigenvalue weighted by Gasteiger charge is -2.17. The zero-order chi connectivity index (χ0) is 29.0. The maximum absolute atomic E-state index is 15.4. The van der Waals surface area contributed by atoms with Crippen LogP contribution in [0.3, 0.4) is 0 Å². The Labute approximate surface area is 234 Å². The number of rotatable bonds is 8. The van der Waals surface area contributed by atoms with Gasteiger partial charge in [-0.05, 0) is 53.9 Å². The number of halogens is 4. The van der Waals surface area contributed by atoms with Crippen LogP contribution in [0.4, 0.5) is 17.6 Å². The minimum atomic E-state index is -4.63. The number of hydrogen-bond donors (Lipinski definition) is 0. The van der Waals surface area contributed by atoms with Gasteiger partial charge >= 0.3 is 12.1 Å². The Balaban J connectivity index is 1.52. The summed E-state index contributed by atoms with van der Waals surface area (Å²) in [6.07, 6.45) is -2.26. The van der Waals surface area contributed by atoms with Crippen LogP contribution in [0, 0.1) is 5.82 Å². The first-order valence-electron chi connectivity index (χ1n) is 13.0. The molecule has 1 aromatic heterocycles. The zero-order valence-corrected chi connectivity index (χ0v) is 22.0. The number of nitrogens with zero attached hydrogens (tertiary/aromatic N) is 1. The van der Waals surface area contributed by atoms with Gasteiger partial charge in [0.15, 0.2) is 0 Å². The minimum Gasteiger partial charge on any atom is -0.489 e. The number of para-hydroxylation sites is 1. The molecule has 0 aliphatic rings. The molecule has 0 bridgehead atoms. The van der Waals surface area contributed by atoms with Crippen molar-refractivity contribution in [3.8, 4) is 33.8 Å². The first-order valence-corrected chi connectivity index (χ1v) is 13.0. The number of pyridine rings is 1. The molecular formula is C33H25F4NO3. The van der Waals surface area contributed by atoms with E-state index in [1.165, 1.54) is 36.5 Å². The second-order valence-corrected chi connectivity index (χ2v) is 9.41. The average molecular weight is 560 g/mol. The molecule has 0 unspecified atom stereocenters. The third-order valence-corrected chi connectivity index (χ3v) is 6.51. The van der Waals surface area contributed by atoms with Gasteiger partial charge in [0.05, 0.1) is 11.1 Å². The Morgan fingerprint density at radius 2 is 1.59 bits per heavy atom. The smallest absolute Gasteiger partial charge is 0.418 e. The zero-order valence-electron chi connectivity index (χ0n) is 22.0. The standard InChI is InChI=1S/C33H25F4NO3/c1-2-7-30(39)41-23-14-12-21(13-15-23)20-40-24-16-17-29(34)26(18-24)31-25-10-6-11-28(33(35,36)37)32(25)38-19-27(31)22-8-4-3-5-9-22/h3-6,8-19H,2,7,20H2,1H3. The molecule has 5 aromatic rings. The molecule has 0 aliphatic carbocycles. The molecule has 0 N–H and O–H groups in total. The minimum absolute atomic E-state index is 0.0891. The molecule has 4 aromatic carbocycles. The summed E-state index contributed by atoms with van der Waals surface area (Å²) < 4.78 is 68.2. The second kappa shape index (κ2) is 11.8. The van der Waals surface area contributed by atoms with Crippen molar-refractivity contribution >= 4 is 16.9 Å². The van der Waals surface area contributed by atoms with Gasteiger partial charge in [0.1, 0.15) is 23.9 Å². The molecule has 208 valence electrons. The number of carbonyl (C=O) groups is 1. The van der Waals surface area contributed by atoms with Crippen LogP contribution in [-0.4, -0.2) is 11.0 Å². The predicted molar refractivity (Wildman–Crippen MR) is 149 cm³/mol. The molecule has 5 rings (SSSR count). The van der Waals surface area contributed by atoms with Crippen molar-refractivity contribution in [3.63, 3.8) is 0 Å². The predicted octanol–water partition coefficient (Wildman–Crippen LogP) is 9.01. The molecule has 0 fully saturated rings. The van der Waals surface area contributed by atoms with Crippen LogP contribution in [0.5, 0.6) is 11.5 Å². The first-order chi connectivity index (χ1) is 19.7. The molecule has 1 heterocycles. The van der Waals surface area contributed by atoms with E-state index in [2.05, 4.69) is 4.98 Å². The summed E-state index contributed by atoms with van der Waals surface area (Å²) in [4.78, 5) is 15.9. The maximum atomic E-state index is 15.4. The lowest BCUT2D eigenvalue weighted by molar-refractivity contribution is -0.136. The molecule has 0 saturated heterocycles. The highest BCUT2D eigenvalue weighted by Crippen LogP contribution is 2.43. The van der Waals surface area contributed by atoms with Gasteiger partial charge in [0, 0.05) is 34.7 Å².